The molecule has 0 saturated heterocycles. The van der Waals surface area contributed by atoms with Crippen LogP contribution in [0.1, 0.15) is 32.3 Å². The predicted octanol–water partition coefficient (Wildman–Crippen LogP) is 2.95. The zero-order valence-electron chi connectivity index (χ0n) is 10.8. The van der Waals surface area contributed by atoms with Crippen LogP contribution in [0.2, 0.25) is 10.0 Å². The average Bonchev–Trinajstić information content (AvgIpc) is 2.28. The molecule has 0 fully saturated rings. The Morgan fingerprint density at radius 1 is 1.32 bits per heavy atom. The van der Waals surface area contributed by atoms with E-state index in [1.807, 2.05) is 6.92 Å². The van der Waals surface area contributed by atoms with Gasteiger partial charge in [0.05, 0.1) is 11.6 Å². The lowest BCUT2D eigenvalue weighted by Crippen LogP contribution is -2.32. The molecule has 0 saturated carbocycles. The van der Waals surface area contributed by atoms with Gasteiger partial charge < -0.3 is 5.11 Å². The molecule has 1 atom stereocenters. The fraction of sp³-hybridized carbons (Fsp3) is 0.500. The van der Waals surface area contributed by atoms with Crippen molar-refractivity contribution in [1.29, 1.82) is 0 Å². The molecule has 1 unspecified atom stereocenters. The first-order chi connectivity index (χ1) is 8.81. The lowest BCUT2D eigenvalue weighted by atomic mass is 10.2. The minimum absolute atomic E-state index is 0.0402. The predicted molar refractivity (Wildman–Crippen MR) is 77.1 cm³/mol. The highest BCUT2D eigenvalue weighted by Crippen LogP contribution is 2.28. The fourth-order valence-electron chi connectivity index (χ4n) is 1.72. The van der Waals surface area contributed by atoms with Gasteiger partial charge in [-0.05, 0) is 31.0 Å². The molecule has 0 heterocycles. The van der Waals surface area contributed by atoms with E-state index in [9.17, 15) is 8.42 Å². The van der Waals surface area contributed by atoms with E-state index < -0.39 is 10.0 Å². The number of halogens is 2. The van der Waals surface area contributed by atoms with Gasteiger partial charge in [-0.3, -0.25) is 0 Å². The molecule has 19 heavy (non-hydrogen) atoms. The van der Waals surface area contributed by atoms with Crippen molar-refractivity contribution in [2.24, 2.45) is 0 Å². The Morgan fingerprint density at radius 2 is 1.95 bits per heavy atom. The minimum Gasteiger partial charge on any atom is -0.392 e. The summed E-state index contributed by atoms with van der Waals surface area (Å²) in [7, 11) is -3.71. The maximum absolute atomic E-state index is 12.2. The molecule has 108 valence electrons. The molecule has 0 spiro atoms. The zero-order valence-corrected chi connectivity index (χ0v) is 13.1. The molecule has 1 aromatic rings. The van der Waals surface area contributed by atoms with Crippen molar-refractivity contribution in [2.75, 3.05) is 0 Å². The van der Waals surface area contributed by atoms with Gasteiger partial charge in [-0.15, -0.1) is 0 Å². The largest absolute Gasteiger partial charge is 0.392 e. The second kappa shape index (κ2) is 6.90. The van der Waals surface area contributed by atoms with Gasteiger partial charge in [0.2, 0.25) is 10.0 Å². The number of aliphatic hydroxyl groups excluding tert-OH is 1. The zero-order chi connectivity index (χ0) is 14.6. The Balaban J connectivity index is 3.14. The van der Waals surface area contributed by atoms with E-state index in [2.05, 4.69) is 4.72 Å². The van der Waals surface area contributed by atoms with E-state index in [-0.39, 0.29) is 27.6 Å². The summed E-state index contributed by atoms with van der Waals surface area (Å²) in [4.78, 5) is -0.0643. The number of nitrogens with one attached hydrogen (secondary N) is 1. The molecule has 0 aliphatic rings. The van der Waals surface area contributed by atoms with Crippen LogP contribution in [0.25, 0.3) is 0 Å². The Bertz CT molecular complexity index is 546. The third kappa shape index (κ3) is 4.33. The molecule has 7 heteroatoms. The van der Waals surface area contributed by atoms with Crippen LogP contribution < -0.4 is 4.72 Å². The molecule has 0 aliphatic carbocycles. The molecule has 0 amide bonds. The van der Waals surface area contributed by atoms with Crippen molar-refractivity contribution >= 4 is 33.2 Å². The van der Waals surface area contributed by atoms with Crippen molar-refractivity contribution < 1.29 is 13.5 Å². The SMILES string of the molecule is CCCC(C)NS(=O)(=O)c1cc(CO)c(Cl)cc1Cl. The first-order valence-electron chi connectivity index (χ1n) is 5.93. The molecule has 0 bridgehead atoms. The highest BCUT2D eigenvalue weighted by molar-refractivity contribution is 7.89. The summed E-state index contributed by atoms with van der Waals surface area (Å²) in [5.74, 6) is 0. The molecule has 2 N–H and O–H groups in total. The van der Waals surface area contributed by atoms with Crippen LogP contribution in [-0.4, -0.2) is 19.6 Å². The number of sulfonamides is 1. The molecular weight excluding hydrogens is 309 g/mol. The summed E-state index contributed by atoms with van der Waals surface area (Å²) in [6.45, 7) is 3.42. The van der Waals surface area contributed by atoms with E-state index in [4.69, 9.17) is 28.3 Å². The van der Waals surface area contributed by atoms with Crippen LogP contribution in [-0.2, 0) is 16.6 Å². The standard InChI is InChI=1S/C12H17Cl2NO3S/c1-3-4-8(2)15-19(17,18)12-5-9(7-16)10(13)6-11(12)14/h5-6,8,15-16H,3-4,7H2,1-2H3. The first-order valence-corrected chi connectivity index (χ1v) is 8.16. The van der Waals surface area contributed by atoms with E-state index in [0.717, 1.165) is 12.8 Å². The van der Waals surface area contributed by atoms with Crippen LogP contribution in [0.15, 0.2) is 17.0 Å². The molecule has 0 radical (unpaired) electrons. The van der Waals surface area contributed by atoms with Crippen molar-refractivity contribution in [3.05, 3.63) is 27.7 Å². The number of benzene rings is 1. The summed E-state index contributed by atoms with van der Waals surface area (Å²) in [6, 6.07) is 2.44. The molecule has 0 aliphatic heterocycles. The maximum atomic E-state index is 12.2. The van der Waals surface area contributed by atoms with Crippen LogP contribution in [0.3, 0.4) is 0 Å². The molecule has 1 aromatic carbocycles. The van der Waals surface area contributed by atoms with Crippen LogP contribution >= 0.6 is 23.2 Å². The first kappa shape index (κ1) is 16.7. The summed E-state index contributed by atoms with van der Waals surface area (Å²) >= 11 is 11.8. The topological polar surface area (TPSA) is 66.4 Å². The quantitative estimate of drug-likeness (QED) is 0.845. The second-order valence-corrected chi connectivity index (χ2v) is 6.84. The smallest absolute Gasteiger partial charge is 0.242 e. The van der Waals surface area contributed by atoms with E-state index in [0.29, 0.717) is 5.56 Å². The van der Waals surface area contributed by atoms with Gasteiger partial charge in [-0.25, -0.2) is 13.1 Å². The number of rotatable bonds is 6. The van der Waals surface area contributed by atoms with Gasteiger partial charge in [0.15, 0.2) is 0 Å². The summed E-state index contributed by atoms with van der Waals surface area (Å²) in [5, 5.41) is 9.41. The second-order valence-electron chi connectivity index (χ2n) is 4.34. The van der Waals surface area contributed by atoms with E-state index >= 15 is 0 Å². The van der Waals surface area contributed by atoms with Crippen molar-refractivity contribution in [3.63, 3.8) is 0 Å². The van der Waals surface area contributed by atoms with Crippen LogP contribution in [0, 0.1) is 0 Å². The highest BCUT2D eigenvalue weighted by Gasteiger charge is 2.21. The van der Waals surface area contributed by atoms with Gasteiger partial charge in [-0.2, -0.15) is 0 Å². The van der Waals surface area contributed by atoms with Gasteiger partial charge >= 0.3 is 0 Å². The molecule has 0 aromatic heterocycles. The normalized spacial score (nSPS) is 13.5. The van der Waals surface area contributed by atoms with E-state index in [1.165, 1.54) is 12.1 Å². The van der Waals surface area contributed by atoms with Crippen molar-refractivity contribution in [2.45, 2.75) is 44.2 Å². The maximum Gasteiger partial charge on any atom is 0.242 e. The number of hydrogen-bond donors (Lipinski definition) is 2. The van der Waals surface area contributed by atoms with Gasteiger partial charge in [0.1, 0.15) is 4.90 Å². The van der Waals surface area contributed by atoms with Crippen LogP contribution in [0.5, 0.6) is 0 Å². The number of hydrogen-bond acceptors (Lipinski definition) is 3. The van der Waals surface area contributed by atoms with Crippen LogP contribution in [0.4, 0.5) is 0 Å². The summed E-state index contributed by atoms with van der Waals surface area (Å²) < 4.78 is 26.9. The molecule has 4 nitrogen and oxygen atoms in total. The van der Waals surface area contributed by atoms with Gasteiger partial charge in [-0.1, -0.05) is 36.5 Å². The lowest BCUT2D eigenvalue weighted by molar-refractivity contribution is 0.281. The summed E-state index contributed by atoms with van der Waals surface area (Å²) in [6.07, 6.45) is 1.61. The van der Waals surface area contributed by atoms with Crippen molar-refractivity contribution in [3.8, 4) is 0 Å². The van der Waals surface area contributed by atoms with Crippen molar-refractivity contribution in [1.82, 2.24) is 4.72 Å². The van der Waals surface area contributed by atoms with Gasteiger partial charge in [0, 0.05) is 11.1 Å². The van der Waals surface area contributed by atoms with Gasteiger partial charge in [0.25, 0.3) is 0 Å². The molecule has 1 rings (SSSR count). The third-order valence-corrected chi connectivity index (χ3v) is 5.04. The minimum atomic E-state index is -3.71. The highest BCUT2D eigenvalue weighted by atomic mass is 35.5. The monoisotopic (exact) mass is 325 g/mol. The average molecular weight is 326 g/mol. The number of aliphatic hydroxyl groups is 1. The Kier molecular flexibility index (Phi) is 6.08. The molecular formula is C12H17Cl2NO3S. The Morgan fingerprint density at radius 3 is 2.47 bits per heavy atom. The Hall–Kier alpha value is -0.330. The fourth-order valence-corrected chi connectivity index (χ4v) is 3.85. The third-order valence-electron chi connectivity index (χ3n) is 2.64. The summed E-state index contributed by atoms with van der Waals surface area (Å²) in [5.41, 5.74) is 0.328. The lowest BCUT2D eigenvalue weighted by Gasteiger charge is -2.15. The Labute approximate surface area is 123 Å². The van der Waals surface area contributed by atoms with E-state index in [1.54, 1.807) is 6.92 Å².